The summed E-state index contributed by atoms with van der Waals surface area (Å²) in [5.74, 6) is 1.67. The number of fused-ring (bicyclic) bond motifs is 1. The Bertz CT molecular complexity index is 351. The van der Waals surface area contributed by atoms with Crippen LogP contribution in [0.15, 0.2) is 10.9 Å². The molecule has 0 bridgehead atoms. The number of aromatic nitrogens is 1. The third kappa shape index (κ3) is 1.57. The molecule has 1 saturated heterocycles. The van der Waals surface area contributed by atoms with E-state index in [2.05, 4.69) is 4.98 Å². The summed E-state index contributed by atoms with van der Waals surface area (Å²) in [6.45, 7) is 1.92. The fourth-order valence-corrected chi connectivity index (χ4v) is 3.41. The van der Waals surface area contributed by atoms with Crippen LogP contribution in [0.5, 0.6) is 0 Å². The number of likely N-dealkylation sites (tertiary alicyclic amines) is 1. The molecule has 3 nitrogen and oxygen atoms in total. The van der Waals surface area contributed by atoms with Gasteiger partial charge in [0.15, 0.2) is 0 Å². The highest BCUT2D eigenvalue weighted by atomic mass is 32.1. The van der Waals surface area contributed by atoms with Crippen LogP contribution in [0.25, 0.3) is 0 Å². The summed E-state index contributed by atoms with van der Waals surface area (Å²) in [6.07, 6.45) is 3.98. The Hall–Kier alpha value is -0.900. The minimum absolute atomic E-state index is 0.130. The van der Waals surface area contributed by atoms with Crippen LogP contribution in [0.3, 0.4) is 0 Å². The van der Waals surface area contributed by atoms with Crippen LogP contribution in [-0.4, -0.2) is 28.9 Å². The second kappa shape index (κ2) is 3.59. The maximum Gasteiger partial charge on any atom is 0.273 e. The Morgan fingerprint density at radius 1 is 1.40 bits per heavy atom. The van der Waals surface area contributed by atoms with Gasteiger partial charge >= 0.3 is 0 Å². The molecule has 15 heavy (non-hydrogen) atoms. The summed E-state index contributed by atoms with van der Waals surface area (Å²) >= 11 is 1.49. The molecule has 2 atom stereocenters. The zero-order chi connectivity index (χ0) is 10.3. The first-order chi connectivity index (χ1) is 7.34. The summed E-state index contributed by atoms with van der Waals surface area (Å²) in [7, 11) is 0. The van der Waals surface area contributed by atoms with Gasteiger partial charge in [0.1, 0.15) is 5.69 Å². The van der Waals surface area contributed by atoms with Crippen LogP contribution in [0, 0.1) is 11.8 Å². The van der Waals surface area contributed by atoms with Crippen LogP contribution in [-0.2, 0) is 0 Å². The van der Waals surface area contributed by atoms with Crippen molar-refractivity contribution in [3.8, 4) is 0 Å². The molecule has 3 rings (SSSR count). The highest BCUT2D eigenvalue weighted by Gasteiger charge is 2.38. The molecule has 0 spiro atoms. The monoisotopic (exact) mass is 222 g/mol. The normalized spacial score (nSPS) is 29.5. The third-order valence-electron chi connectivity index (χ3n) is 3.66. The summed E-state index contributed by atoms with van der Waals surface area (Å²) in [5, 5.41) is 1.84. The van der Waals surface area contributed by atoms with E-state index < -0.39 is 0 Å². The third-order valence-corrected chi connectivity index (χ3v) is 4.25. The van der Waals surface area contributed by atoms with Crippen LogP contribution in [0.1, 0.15) is 29.8 Å². The van der Waals surface area contributed by atoms with Crippen LogP contribution >= 0.6 is 11.3 Å². The quantitative estimate of drug-likeness (QED) is 0.728. The molecule has 1 amide bonds. The molecule has 0 radical (unpaired) electrons. The molecule has 80 valence electrons. The van der Waals surface area contributed by atoms with Gasteiger partial charge in [-0.05, 0) is 24.7 Å². The average molecular weight is 222 g/mol. The van der Waals surface area contributed by atoms with Crippen LogP contribution in [0.2, 0.25) is 0 Å². The zero-order valence-corrected chi connectivity index (χ0v) is 9.37. The Balaban J connectivity index is 1.72. The van der Waals surface area contributed by atoms with Crippen molar-refractivity contribution in [2.75, 3.05) is 13.1 Å². The van der Waals surface area contributed by atoms with Gasteiger partial charge in [-0.1, -0.05) is 6.42 Å². The second-order valence-electron chi connectivity index (χ2n) is 4.53. The van der Waals surface area contributed by atoms with Crippen LogP contribution in [0.4, 0.5) is 0 Å². The maximum atomic E-state index is 12.0. The molecular formula is C11H14N2OS. The van der Waals surface area contributed by atoms with E-state index in [1.54, 1.807) is 5.51 Å². The van der Waals surface area contributed by atoms with E-state index >= 15 is 0 Å². The lowest BCUT2D eigenvalue weighted by Crippen LogP contribution is -2.29. The molecule has 1 aliphatic carbocycles. The predicted molar refractivity (Wildman–Crippen MR) is 58.8 cm³/mol. The second-order valence-corrected chi connectivity index (χ2v) is 5.25. The standard InChI is InChI=1S/C11H14N2OS/c14-11(10-6-15-7-12-10)13-4-8-2-1-3-9(8)5-13/h6-9H,1-5H2. The molecule has 1 aromatic heterocycles. The van der Waals surface area contributed by atoms with E-state index in [0.717, 1.165) is 24.9 Å². The molecule has 2 unspecified atom stereocenters. The number of hydrogen-bond donors (Lipinski definition) is 0. The Morgan fingerprint density at radius 3 is 2.73 bits per heavy atom. The molecule has 1 aliphatic heterocycles. The average Bonchev–Trinajstić information content (AvgIpc) is 2.92. The summed E-state index contributed by atoms with van der Waals surface area (Å²) in [5.41, 5.74) is 2.35. The van der Waals surface area contributed by atoms with Crippen molar-refractivity contribution in [3.63, 3.8) is 0 Å². The number of nitrogens with zero attached hydrogens (tertiary/aromatic N) is 2. The molecule has 1 aromatic rings. The lowest BCUT2D eigenvalue weighted by Gasteiger charge is -2.15. The van der Waals surface area contributed by atoms with Crippen molar-refractivity contribution >= 4 is 17.2 Å². The fourth-order valence-electron chi connectivity index (χ4n) is 2.88. The Kier molecular flexibility index (Phi) is 2.24. The minimum Gasteiger partial charge on any atom is -0.337 e. The first-order valence-corrected chi connectivity index (χ1v) is 6.46. The highest BCUT2D eigenvalue weighted by Crippen LogP contribution is 2.38. The number of amides is 1. The molecular weight excluding hydrogens is 208 g/mol. The van der Waals surface area contributed by atoms with Gasteiger partial charge in [0.2, 0.25) is 0 Å². The molecule has 0 N–H and O–H groups in total. The van der Waals surface area contributed by atoms with E-state index in [0.29, 0.717) is 5.69 Å². The molecule has 4 heteroatoms. The Morgan fingerprint density at radius 2 is 2.13 bits per heavy atom. The zero-order valence-electron chi connectivity index (χ0n) is 8.56. The van der Waals surface area contributed by atoms with Gasteiger partial charge < -0.3 is 4.90 Å². The fraction of sp³-hybridized carbons (Fsp3) is 0.636. The number of thiazole rings is 1. The summed E-state index contributed by atoms with van der Waals surface area (Å²) in [4.78, 5) is 18.1. The molecule has 2 heterocycles. The number of hydrogen-bond acceptors (Lipinski definition) is 3. The summed E-state index contributed by atoms with van der Waals surface area (Å²) < 4.78 is 0. The molecule has 2 fully saturated rings. The van der Waals surface area contributed by atoms with Gasteiger partial charge in [0, 0.05) is 18.5 Å². The lowest BCUT2D eigenvalue weighted by molar-refractivity contribution is 0.0775. The SMILES string of the molecule is O=C(c1cscn1)N1CC2CCCC2C1. The van der Waals surface area contributed by atoms with Crippen molar-refractivity contribution in [3.05, 3.63) is 16.6 Å². The van der Waals surface area contributed by atoms with E-state index in [1.165, 1.54) is 30.6 Å². The summed E-state index contributed by atoms with van der Waals surface area (Å²) in [6, 6.07) is 0. The van der Waals surface area contributed by atoms with Gasteiger partial charge in [0.25, 0.3) is 5.91 Å². The topological polar surface area (TPSA) is 33.2 Å². The highest BCUT2D eigenvalue weighted by molar-refractivity contribution is 7.07. The van der Waals surface area contributed by atoms with Gasteiger partial charge in [-0.3, -0.25) is 4.79 Å². The van der Waals surface area contributed by atoms with Crippen molar-refractivity contribution in [1.82, 2.24) is 9.88 Å². The molecule has 2 aliphatic rings. The van der Waals surface area contributed by atoms with Crippen LogP contribution < -0.4 is 0 Å². The molecule has 0 aromatic carbocycles. The first kappa shape index (κ1) is 9.33. The van der Waals surface area contributed by atoms with Gasteiger partial charge in [-0.25, -0.2) is 4.98 Å². The lowest BCUT2D eigenvalue weighted by atomic mass is 10.0. The van der Waals surface area contributed by atoms with Gasteiger partial charge in [-0.2, -0.15) is 0 Å². The largest absolute Gasteiger partial charge is 0.337 e. The number of carbonyl (C=O) groups is 1. The van der Waals surface area contributed by atoms with Crippen molar-refractivity contribution < 1.29 is 4.79 Å². The van der Waals surface area contributed by atoms with E-state index in [-0.39, 0.29) is 5.91 Å². The maximum absolute atomic E-state index is 12.0. The van der Waals surface area contributed by atoms with Crippen molar-refractivity contribution in [2.45, 2.75) is 19.3 Å². The van der Waals surface area contributed by atoms with E-state index in [4.69, 9.17) is 0 Å². The van der Waals surface area contributed by atoms with Gasteiger partial charge in [-0.15, -0.1) is 11.3 Å². The number of rotatable bonds is 1. The Labute approximate surface area is 93.1 Å². The number of carbonyl (C=O) groups excluding carboxylic acids is 1. The smallest absolute Gasteiger partial charge is 0.273 e. The first-order valence-electron chi connectivity index (χ1n) is 5.52. The predicted octanol–water partition coefficient (Wildman–Crippen LogP) is 2.02. The van der Waals surface area contributed by atoms with Crippen molar-refractivity contribution in [1.29, 1.82) is 0 Å². The molecule has 1 saturated carbocycles. The van der Waals surface area contributed by atoms with Gasteiger partial charge in [0.05, 0.1) is 5.51 Å². The minimum atomic E-state index is 0.130. The van der Waals surface area contributed by atoms with Crippen molar-refractivity contribution in [2.24, 2.45) is 11.8 Å². The van der Waals surface area contributed by atoms with E-state index in [1.807, 2.05) is 10.3 Å². The van der Waals surface area contributed by atoms with E-state index in [9.17, 15) is 4.79 Å².